The highest BCUT2D eigenvalue weighted by Crippen LogP contribution is 2.34. The Balaban J connectivity index is 1.87. The Bertz CT molecular complexity index is 840. The van der Waals surface area contributed by atoms with Gasteiger partial charge in [-0.05, 0) is 56.2 Å². The molecule has 3 rings (SSSR count). The van der Waals surface area contributed by atoms with E-state index in [-0.39, 0.29) is 22.4 Å². The van der Waals surface area contributed by atoms with Crippen molar-refractivity contribution < 1.29 is 16.8 Å². The van der Waals surface area contributed by atoms with Crippen LogP contribution in [-0.4, -0.2) is 44.7 Å². The van der Waals surface area contributed by atoms with Gasteiger partial charge in [0, 0.05) is 12.1 Å². The number of sulfonamides is 1. The first-order chi connectivity index (χ1) is 12.7. The van der Waals surface area contributed by atoms with Gasteiger partial charge in [0.1, 0.15) is 0 Å². The summed E-state index contributed by atoms with van der Waals surface area (Å²) in [5.74, 6) is 0.526. The Labute approximate surface area is 164 Å². The van der Waals surface area contributed by atoms with E-state index >= 15 is 0 Å². The summed E-state index contributed by atoms with van der Waals surface area (Å²) in [5.41, 5.74) is 1.21. The summed E-state index contributed by atoms with van der Waals surface area (Å²) in [6, 6.07) is 6.61. The molecule has 1 aromatic carbocycles. The summed E-state index contributed by atoms with van der Waals surface area (Å²) in [4.78, 5) is 0.270. The van der Waals surface area contributed by atoms with Gasteiger partial charge in [-0.15, -0.1) is 0 Å². The van der Waals surface area contributed by atoms with E-state index in [1.54, 1.807) is 12.1 Å². The minimum atomic E-state index is -3.72. The zero-order valence-corrected chi connectivity index (χ0v) is 17.9. The molecule has 1 aromatic rings. The molecule has 0 unspecified atom stereocenters. The lowest BCUT2D eigenvalue weighted by atomic mass is 9.84. The molecule has 1 aliphatic carbocycles. The van der Waals surface area contributed by atoms with E-state index in [4.69, 9.17) is 0 Å². The van der Waals surface area contributed by atoms with E-state index < -0.39 is 25.9 Å². The van der Waals surface area contributed by atoms with Crippen LogP contribution in [0.25, 0.3) is 0 Å². The van der Waals surface area contributed by atoms with Crippen LogP contribution in [-0.2, 0) is 19.9 Å². The Hall–Kier alpha value is -0.920. The van der Waals surface area contributed by atoms with E-state index in [1.165, 1.54) is 42.0 Å². The topological polar surface area (TPSA) is 71.5 Å². The fourth-order valence-electron chi connectivity index (χ4n) is 4.42. The molecule has 0 spiro atoms. The third-order valence-corrected chi connectivity index (χ3v) is 9.96. The van der Waals surface area contributed by atoms with Crippen LogP contribution < -0.4 is 0 Å². The summed E-state index contributed by atoms with van der Waals surface area (Å²) in [7, 11) is -6.88. The van der Waals surface area contributed by atoms with Crippen molar-refractivity contribution in [1.82, 2.24) is 4.31 Å². The molecule has 2 fully saturated rings. The molecule has 152 valence electrons. The maximum atomic E-state index is 13.3. The molecule has 0 aromatic heterocycles. The molecule has 1 saturated carbocycles. The third-order valence-electron chi connectivity index (χ3n) is 6.13. The predicted octanol–water partition coefficient (Wildman–Crippen LogP) is 3.71. The minimum absolute atomic E-state index is 0.0702. The Kier molecular flexibility index (Phi) is 6.33. The molecular weight excluding hydrogens is 382 g/mol. The van der Waals surface area contributed by atoms with Crippen molar-refractivity contribution in [2.75, 3.05) is 11.5 Å². The lowest BCUT2D eigenvalue weighted by Gasteiger charge is -2.32. The van der Waals surface area contributed by atoms with Crippen molar-refractivity contribution in [2.24, 2.45) is 0 Å². The molecule has 1 saturated heterocycles. The Morgan fingerprint density at radius 2 is 1.70 bits per heavy atom. The molecule has 2 atom stereocenters. The van der Waals surface area contributed by atoms with E-state index in [2.05, 4.69) is 0 Å². The Morgan fingerprint density at radius 1 is 1.07 bits per heavy atom. The first-order valence-electron chi connectivity index (χ1n) is 10.1. The highest BCUT2D eigenvalue weighted by Gasteiger charge is 2.40. The Morgan fingerprint density at radius 3 is 2.22 bits per heavy atom. The second-order valence-electron chi connectivity index (χ2n) is 8.05. The molecule has 0 radical (unpaired) electrons. The van der Waals surface area contributed by atoms with Gasteiger partial charge in [0.2, 0.25) is 10.0 Å². The van der Waals surface area contributed by atoms with Crippen LogP contribution in [0.15, 0.2) is 29.2 Å². The van der Waals surface area contributed by atoms with E-state index in [1.807, 2.05) is 26.0 Å². The zero-order chi connectivity index (χ0) is 19.7. The molecular formula is C20H31NO4S2. The van der Waals surface area contributed by atoms with Gasteiger partial charge in [-0.2, -0.15) is 4.31 Å². The number of hydrogen-bond acceptors (Lipinski definition) is 4. The predicted molar refractivity (Wildman–Crippen MR) is 108 cm³/mol. The van der Waals surface area contributed by atoms with Crippen LogP contribution in [0.3, 0.4) is 0 Å². The van der Waals surface area contributed by atoms with Crippen molar-refractivity contribution in [2.45, 2.75) is 81.7 Å². The average Bonchev–Trinajstić information content (AvgIpc) is 3.01. The molecule has 27 heavy (non-hydrogen) atoms. The fraction of sp³-hybridized carbons (Fsp3) is 0.700. The van der Waals surface area contributed by atoms with Crippen LogP contribution in [0, 0.1) is 0 Å². The van der Waals surface area contributed by atoms with Gasteiger partial charge < -0.3 is 0 Å². The number of rotatable bonds is 6. The molecule has 0 bridgehead atoms. The van der Waals surface area contributed by atoms with Gasteiger partial charge in [-0.3, -0.25) is 0 Å². The van der Waals surface area contributed by atoms with Crippen molar-refractivity contribution in [3.63, 3.8) is 0 Å². The summed E-state index contributed by atoms with van der Waals surface area (Å²) in [6.07, 6.45) is 7.14. The second kappa shape index (κ2) is 8.21. The average molecular weight is 414 g/mol. The lowest BCUT2D eigenvalue weighted by molar-refractivity contribution is 0.271. The largest absolute Gasteiger partial charge is 0.243 e. The van der Waals surface area contributed by atoms with E-state index in [0.717, 1.165) is 0 Å². The highest BCUT2D eigenvalue weighted by molar-refractivity contribution is 7.92. The van der Waals surface area contributed by atoms with Crippen molar-refractivity contribution in [3.05, 3.63) is 29.8 Å². The number of nitrogens with zero attached hydrogens (tertiary/aromatic N) is 1. The van der Waals surface area contributed by atoms with Gasteiger partial charge in [0.05, 0.1) is 16.4 Å². The van der Waals surface area contributed by atoms with Crippen LogP contribution >= 0.6 is 0 Å². The lowest BCUT2D eigenvalue weighted by Crippen LogP contribution is -2.46. The maximum absolute atomic E-state index is 13.3. The maximum Gasteiger partial charge on any atom is 0.243 e. The number of hydrogen-bond donors (Lipinski definition) is 0. The first-order valence-corrected chi connectivity index (χ1v) is 13.3. The second-order valence-corrected chi connectivity index (χ2v) is 12.1. The minimum Gasteiger partial charge on any atom is -0.229 e. The van der Waals surface area contributed by atoms with Crippen molar-refractivity contribution in [1.29, 1.82) is 0 Å². The molecule has 7 heteroatoms. The van der Waals surface area contributed by atoms with E-state index in [9.17, 15) is 16.8 Å². The van der Waals surface area contributed by atoms with Gasteiger partial charge in [0.25, 0.3) is 0 Å². The van der Waals surface area contributed by atoms with Gasteiger partial charge >= 0.3 is 0 Å². The smallest absolute Gasteiger partial charge is 0.229 e. The molecule has 5 nitrogen and oxygen atoms in total. The monoisotopic (exact) mass is 413 g/mol. The number of benzene rings is 1. The van der Waals surface area contributed by atoms with Crippen LogP contribution in [0.1, 0.15) is 70.3 Å². The first kappa shape index (κ1) is 20.8. The standard InChI is InChI=1S/C20H31NO4S2/c1-3-16(2)21(19-13-14-26(22,23)15-19)27(24,25)20-11-9-18(10-12-20)17-7-5-4-6-8-17/h9-12,16-17,19H,3-8,13-15H2,1-2H3/t16-,19-/m1/s1. The van der Waals surface area contributed by atoms with Crippen LogP contribution in [0.4, 0.5) is 0 Å². The SMILES string of the molecule is CC[C@@H](C)N([C@@H]1CCS(=O)(=O)C1)S(=O)(=O)c1ccc(C2CCCCC2)cc1. The van der Waals surface area contributed by atoms with Crippen LogP contribution in [0.2, 0.25) is 0 Å². The zero-order valence-electron chi connectivity index (χ0n) is 16.3. The van der Waals surface area contributed by atoms with Gasteiger partial charge in [0.15, 0.2) is 9.84 Å². The summed E-state index contributed by atoms with van der Waals surface area (Å²) >= 11 is 0. The summed E-state index contributed by atoms with van der Waals surface area (Å²) < 4.78 is 52.0. The van der Waals surface area contributed by atoms with Gasteiger partial charge in [-0.1, -0.05) is 38.3 Å². The molecule has 0 N–H and O–H groups in total. The summed E-state index contributed by atoms with van der Waals surface area (Å²) in [5, 5.41) is 0. The van der Waals surface area contributed by atoms with Crippen molar-refractivity contribution >= 4 is 19.9 Å². The van der Waals surface area contributed by atoms with Crippen molar-refractivity contribution in [3.8, 4) is 0 Å². The number of sulfone groups is 1. The quantitative estimate of drug-likeness (QED) is 0.713. The molecule has 1 aliphatic heterocycles. The molecule has 2 aliphatic rings. The fourth-order valence-corrected chi connectivity index (χ4v) is 8.14. The molecule has 0 amide bonds. The van der Waals surface area contributed by atoms with Crippen LogP contribution in [0.5, 0.6) is 0 Å². The third kappa shape index (κ3) is 4.57. The van der Waals surface area contributed by atoms with Gasteiger partial charge in [-0.25, -0.2) is 16.8 Å². The highest BCUT2D eigenvalue weighted by atomic mass is 32.2. The normalized spacial score (nSPS) is 24.9. The molecule has 1 heterocycles. The van der Waals surface area contributed by atoms with E-state index in [0.29, 0.717) is 18.8 Å². The summed E-state index contributed by atoms with van der Waals surface area (Å²) in [6.45, 7) is 3.79.